The van der Waals surface area contributed by atoms with Crippen LogP contribution in [0.1, 0.15) is 18.3 Å². The first-order chi connectivity index (χ1) is 11.6. The van der Waals surface area contributed by atoms with Gasteiger partial charge in [0.1, 0.15) is 17.7 Å². The topological polar surface area (TPSA) is 82.0 Å². The third kappa shape index (κ3) is 2.25. The number of hydrogen-bond acceptors (Lipinski definition) is 5. The minimum atomic E-state index is -0.812. The lowest BCUT2D eigenvalue weighted by Gasteiger charge is -2.31. The van der Waals surface area contributed by atoms with Gasteiger partial charge in [-0.1, -0.05) is 6.07 Å². The number of amidine groups is 1. The molecule has 0 saturated carbocycles. The SMILES string of the molecule is CC1(c2cc(-c3cncnc3)ccc2F)Cn2ccnc2C(N)=N1. The fraction of sp³-hybridized carbons (Fsp3) is 0.176. The molecule has 3 aromatic rings. The summed E-state index contributed by atoms with van der Waals surface area (Å²) in [4.78, 5) is 16.7. The van der Waals surface area contributed by atoms with Gasteiger partial charge in [0.05, 0.1) is 6.54 Å². The Morgan fingerprint density at radius 2 is 2.00 bits per heavy atom. The highest BCUT2D eigenvalue weighted by Crippen LogP contribution is 2.35. The van der Waals surface area contributed by atoms with Gasteiger partial charge >= 0.3 is 0 Å². The summed E-state index contributed by atoms with van der Waals surface area (Å²) in [5, 5.41) is 0. The Kier molecular flexibility index (Phi) is 3.16. The number of benzene rings is 1. The van der Waals surface area contributed by atoms with Crippen LogP contribution in [0.5, 0.6) is 0 Å². The second-order valence-electron chi connectivity index (χ2n) is 5.97. The molecule has 0 amide bonds. The number of rotatable bonds is 2. The molecule has 2 aromatic heterocycles. The maximum absolute atomic E-state index is 14.6. The van der Waals surface area contributed by atoms with Gasteiger partial charge in [-0.15, -0.1) is 0 Å². The molecule has 0 aliphatic carbocycles. The van der Waals surface area contributed by atoms with Crippen LogP contribution in [0.3, 0.4) is 0 Å². The molecule has 1 unspecified atom stereocenters. The van der Waals surface area contributed by atoms with Crippen LogP contribution in [0, 0.1) is 5.82 Å². The Morgan fingerprint density at radius 1 is 1.21 bits per heavy atom. The van der Waals surface area contributed by atoms with Gasteiger partial charge in [-0.2, -0.15) is 0 Å². The van der Waals surface area contributed by atoms with E-state index >= 15 is 0 Å². The lowest BCUT2D eigenvalue weighted by atomic mass is 9.88. The zero-order chi connectivity index (χ0) is 16.7. The molecule has 6 nitrogen and oxygen atoms in total. The Hall–Kier alpha value is -3.09. The highest BCUT2D eigenvalue weighted by atomic mass is 19.1. The van der Waals surface area contributed by atoms with E-state index in [0.717, 1.165) is 11.1 Å². The third-order valence-electron chi connectivity index (χ3n) is 4.23. The van der Waals surface area contributed by atoms with Crippen molar-refractivity contribution in [2.24, 2.45) is 10.7 Å². The maximum Gasteiger partial charge on any atom is 0.175 e. The van der Waals surface area contributed by atoms with Gasteiger partial charge in [-0.25, -0.2) is 19.3 Å². The standard InChI is InChI=1S/C17H15FN6/c1-17(9-24-5-4-22-16(24)15(19)23-17)13-6-11(2-3-14(13)18)12-7-20-10-21-8-12/h2-8,10H,9H2,1H3,(H2,19,23). The average Bonchev–Trinajstić information content (AvgIpc) is 3.04. The lowest BCUT2D eigenvalue weighted by molar-refractivity contribution is 0.383. The summed E-state index contributed by atoms with van der Waals surface area (Å²) in [6.45, 7) is 2.33. The van der Waals surface area contributed by atoms with Crippen molar-refractivity contribution in [1.82, 2.24) is 19.5 Å². The summed E-state index contributed by atoms with van der Waals surface area (Å²) >= 11 is 0. The van der Waals surface area contributed by atoms with Crippen molar-refractivity contribution in [2.45, 2.75) is 19.0 Å². The van der Waals surface area contributed by atoms with Crippen molar-refractivity contribution in [3.8, 4) is 11.1 Å². The van der Waals surface area contributed by atoms with Crippen LogP contribution < -0.4 is 5.73 Å². The van der Waals surface area contributed by atoms with Crippen LogP contribution in [-0.2, 0) is 12.1 Å². The number of aliphatic imine (C=N–C) groups is 1. The van der Waals surface area contributed by atoms with Crippen LogP contribution in [0.4, 0.5) is 4.39 Å². The van der Waals surface area contributed by atoms with E-state index in [2.05, 4.69) is 19.9 Å². The minimum absolute atomic E-state index is 0.307. The number of aromatic nitrogens is 4. The van der Waals surface area contributed by atoms with Crippen molar-refractivity contribution in [3.63, 3.8) is 0 Å². The highest BCUT2D eigenvalue weighted by Gasteiger charge is 2.35. The van der Waals surface area contributed by atoms with Gasteiger partial charge in [0, 0.05) is 35.9 Å². The van der Waals surface area contributed by atoms with E-state index in [1.807, 2.05) is 17.7 Å². The van der Waals surface area contributed by atoms with Crippen LogP contribution in [0.2, 0.25) is 0 Å². The number of imidazole rings is 1. The molecular formula is C17H15FN6. The predicted octanol–water partition coefficient (Wildman–Crippen LogP) is 2.11. The molecule has 4 rings (SSSR count). The monoisotopic (exact) mass is 322 g/mol. The normalized spacial score (nSPS) is 19.7. The van der Waals surface area contributed by atoms with E-state index in [0.29, 0.717) is 23.8 Å². The predicted molar refractivity (Wildman–Crippen MR) is 87.7 cm³/mol. The highest BCUT2D eigenvalue weighted by molar-refractivity contribution is 5.95. The maximum atomic E-state index is 14.6. The molecule has 1 aromatic carbocycles. The Bertz CT molecular complexity index is 933. The van der Waals surface area contributed by atoms with Crippen molar-refractivity contribution in [3.05, 3.63) is 66.5 Å². The van der Waals surface area contributed by atoms with E-state index in [-0.39, 0.29) is 5.82 Å². The number of nitrogens with two attached hydrogens (primary N) is 1. The quantitative estimate of drug-likeness (QED) is 0.783. The largest absolute Gasteiger partial charge is 0.381 e. The van der Waals surface area contributed by atoms with Crippen LogP contribution in [-0.4, -0.2) is 25.4 Å². The zero-order valence-corrected chi connectivity index (χ0v) is 13.0. The summed E-state index contributed by atoms with van der Waals surface area (Å²) in [5.41, 5.74) is 7.34. The van der Waals surface area contributed by atoms with Gasteiger partial charge < -0.3 is 10.3 Å². The van der Waals surface area contributed by atoms with Crippen molar-refractivity contribution >= 4 is 5.84 Å². The minimum Gasteiger partial charge on any atom is -0.381 e. The summed E-state index contributed by atoms with van der Waals surface area (Å²) in [6, 6.07) is 4.93. The first-order valence-electron chi connectivity index (χ1n) is 7.49. The number of nitrogens with zero attached hydrogens (tertiary/aromatic N) is 5. The molecule has 1 atom stereocenters. The number of fused-ring (bicyclic) bond motifs is 1. The molecule has 7 heteroatoms. The first kappa shape index (κ1) is 14.5. The Labute approximate surface area is 137 Å². The second kappa shape index (κ2) is 5.23. The Morgan fingerprint density at radius 3 is 2.79 bits per heavy atom. The summed E-state index contributed by atoms with van der Waals surface area (Å²) < 4.78 is 16.5. The fourth-order valence-corrected chi connectivity index (χ4v) is 3.06. The lowest BCUT2D eigenvalue weighted by Crippen LogP contribution is -2.37. The molecule has 3 heterocycles. The van der Waals surface area contributed by atoms with E-state index in [9.17, 15) is 4.39 Å². The van der Waals surface area contributed by atoms with Gasteiger partial charge in [-0.3, -0.25) is 4.99 Å². The third-order valence-corrected chi connectivity index (χ3v) is 4.23. The summed E-state index contributed by atoms with van der Waals surface area (Å²) in [7, 11) is 0. The molecule has 0 saturated heterocycles. The van der Waals surface area contributed by atoms with Crippen LogP contribution in [0.25, 0.3) is 11.1 Å². The van der Waals surface area contributed by atoms with Crippen molar-refractivity contribution in [1.29, 1.82) is 0 Å². The molecule has 2 N–H and O–H groups in total. The molecule has 24 heavy (non-hydrogen) atoms. The van der Waals surface area contributed by atoms with Gasteiger partial charge in [0.15, 0.2) is 11.7 Å². The van der Waals surface area contributed by atoms with Crippen molar-refractivity contribution in [2.75, 3.05) is 0 Å². The van der Waals surface area contributed by atoms with E-state index in [1.165, 1.54) is 12.4 Å². The first-order valence-corrected chi connectivity index (χ1v) is 7.49. The summed E-state index contributed by atoms with van der Waals surface area (Å²) in [5.74, 6) is 0.598. The zero-order valence-electron chi connectivity index (χ0n) is 13.0. The summed E-state index contributed by atoms with van der Waals surface area (Å²) in [6.07, 6.45) is 8.33. The second-order valence-corrected chi connectivity index (χ2v) is 5.97. The molecule has 0 fully saturated rings. The molecule has 1 aliphatic heterocycles. The molecule has 0 spiro atoms. The molecular weight excluding hydrogens is 307 g/mol. The van der Waals surface area contributed by atoms with Crippen LogP contribution in [0.15, 0.2) is 54.3 Å². The smallest absolute Gasteiger partial charge is 0.175 e. The number of halogens is 1. The molecule has 1 aliphatic rings. The van der Waals surface area contributed by atoms with Gasteiger partial charge in [-0.05, 0) is 24.6 Å². The molecule has 120 valence electrons. The fourth-order valence-electron chi connectivity index (χ4n) is 3.06. The molecule has 0 bridgehead atoms. The van der Waals surface area contributed by atoms with Gasteiger partial charge in [0.25, 0.3) is 0 Å². The van der Waals surface area contributed by atoms with Crippen LogP contribution >= 0.6 is 0 Å². The van der Waals surface area contributed by atoms with E-state index in [4.69, 9.17) is 5.73 Å². The Balaban J connectivity index is 1.83. The van der Waals surface area contributed by atoms with E-state index < -0.39 is 5.54 Å². The number of hydrogen-bond donors (Lipinski definition) is 1. The average molecular weight is 322 g/mol. The molecule has 0 radical (unpaired) electrons. The van der Waals surface area contributed by atoms with E-state index in [1.54, 1.807) is 30.7 Å². The van der Waals surface area contributed by atoms with Crippen molar-refractivity contribution < 1.29 is 4.39 Å². The van der Waals surface area contributed by atoms with Gasteiger partial charge in [0.2, 0.25) is 0 Å².